The molecule has 0 amide bonds. The molecule has 0 radical (unpaired) electrons. The lowest BCUT2D eigenvalue weighted by molar-refractivity contribution is -0.0125. The summed E-state index contributed by atoms with van der Waals surface area (Å²) in [5, 5.41) is 3.74. The third-order valence-corrected chi connectivity index (χ3v) is 4.86. The van der Waals surface area contributed by atoms with Crippen molar-refractivity contribution in [3.8, 4) is 0 Å². The predicted molar refractivity (Wildman–Crippen MR) is 75.6 cm³/mol. The van der Waals surface area contributed by atoms with Crippen LogP contribution in [0.5, 0.6) is 0 Å². The van der Waals surface area contributed by atoms with Crippen molar-refractivity contribution >= 4 is 0 Å². The minimum Gasteiger partial charge on any atom is -0.378 e. The Balaban J connectivity index is 1.70. The van der Waals surface area contributed by atoms with E-state index in [0.717, 1.165) is 19.7 Å². The van der Waals surface area contributed by atoms with Gasteiger partial charge in [0.05, 0.1) is 6.10 Å². The molecule has 0 spiro atoms. The smallest absolute Gasteiger partial charge is 0.0604 e. The van der Waals surface area contributed by atoms with E-state index in [1.807, 2.05) is 0 Å². The average Bonchev–Trinajstić information content (AvgIpc) is 2.58. The third kappa shape index (κ3) is 3.69. The molecule has 3 N–H and O–H groups in total. The minimum absolute atomic E-state index is 0.382. The molecule has 0 aromatic heterocycles. The summed E-state index contributed by atoms with van der Waals surface area (Å²) in [5.74, 6) is 0. The zero-order chi connectivity index (χ0) is 12.8. The van der Waals surface area contributed by atoms with Gasteiger partial charge in [-0.3, -0.25) is 0 Å². The van der Waals surface area contributed by atoms with Crippen LogP contribution in [0.3, 0.4) is 0 Å². The summed E-state index contributed by atoms with van der Waals surface area (Å²) in [6.45, 7) is 4.90. The quantitative estimate of drug-likeness (QED) is 0.716. The zero-order valence-corrected chi connectivity index (χ0v) is 11.9. The molecular weight excluding hydrogens is 224 g/mol. The maximum atomic E-state index is 6.06. The monoisotopic (exact) mass is 254 g/mol. The van der Waals surface area contributed by atoms with Gasteiger partial charge in [0.2, 0.25) is 0 Å². The second kappa shape index (κ2) is 6.88. The van der Waals surface area contributed by atoms with Crippen molar-refractivity contribution in [2.24, 2.45) is 11.1 Å². The summed E-state index contributed by atoms with van der Waals surface area (Å²) >= 11 is 0. The maximum Gasteiger partial charge on any atom is 0.0604 e. The lowest BCUT2D eigenvalue weighted by Crippen LogP contribution is -2.50. The molecule has 2 aliphatic carbocycles. The van der Waals surface area contributed by atoms with Gasteiger partial charge < -0.3 is 15.8 Å². The van der Waals surface area contributed by atoms with Gasteiger partial charge in [-0.1, -0.05) is 25.7 Å². The number of nitrogens with two attached hydrogens (primary N) is 1. The van der Waals surface area contributed by atoms with Crippen LogP contribution in [0.2, 0.25) is 0 Å². The first-order valence-electron chi connectivity index (χ1n) is 7.83. The molecule has 0 bridgehead atoms. The van der Waals surface area contributed by atoms with Crippen LogP contribution in [0.15, 0.2) is 0 Å². The Labute approximate surface area is 112 Å². The summed E-state index contributed by atoms with van der Waals surface area (Å²) in [5.41, 5.74) is 6.45. The molecule has 0 aromatic carbocycles. The molecule has 0 saturated heterocycles. The summed E-state index contributed by atoms with van der Waals surface area (Å²) < 4.78 is 5.61. The standard InChI is InChI=1S/C15H30N2O/c1-2-18-14-9-13(10-14)17-12-15(11-16)7-5-3-4-6-8-15/h13-14,17H,2-12,16H2,1H3. The van der Waals surface area contributed by atoms with Crippen LogP contribution >= 0.6 is 0 Å². The van der Waals surface area contributed by atoms with E-state index in [0.29, 0.717) is 17.6 Å². The number of rotatable bonds is 6. The van der Waals surface area contributed by atoms with Crippen LogP contribution in [0, 0.1) is 5.41 Å². The van der Waals surface area contributed by atoms with Crippen molar-refractivity contribution in [3.05, 3.63) is 0 Å². The lowest BCUT2D eigenvalue weighted by Gasteiger charge is -2.39. The van der Waals surface area contributed by atoms with Gasteiger partial charge in [0.25, 0.3) is 0 Å². The molecule has 2 fully saturated rings. The van der Waals surface area contributed by atoms with E-state index in [1.54, 1.807) is 0 Å². The average molecular weight is 254 g/mol. The van der Waals surface area contributed by atoms with Gasteiger partial charge in [0.1, 0.15) is 0 Å². The van der Waals surface area contributed by atoms with Gasteiger partial charge >= 0.3 is 0 Å². The van der Waals surface area contributed by atoms with E-state index < -0.39 is 0 Å². The van der Waals surface area contributed by atoms with E-state index in [-0.39, 0.29) is 0 Å². The second-order valence-electron chi connectivity index (χ2n) is 6.24. The Bertz CT molecular complexity index is 231. The Morgan fingerprint density at radius 3 is 2.39 bits per heavy atom. The highest BCUT2D eigenvalue weighted by molar-refractivity contribution is 4.91. The fraction of sp³-hybridized carbons (Fsp3) is 1.00. The van der Waals surface area contributed by atoms with Crippen molar-refractivity contribution in [3.63, 3.8) is 0 Å². The molecule has 0 atom stereocenters. The van der Waals surface area contributed by atoms with Gasteiger partial charge in [0.15, 0.2) is 0 Å². The van der Waals surface area contributed by atoms with E-state index in [1.165, 1.54) is 51.4 Å². The number of hydrogen-bond acceptors (Lipinski definition) is 3. The number of hydrogen-bond donors (Lipinski definition) is 2. The van der Waals surface area contributed by atoms with Gasteiger partial charge in [-0.25, -0.2) is 0 Å². The SMILES string of the molecule is CCOC1CC(NCC2(CN)CCCCCC2)C1. The molecule has 0 heterocycles. The van der Waals surface area contributed by atoms with E-state index in [2.05, 4.69) is 12.2 Å². The van der Waals surface area contributed by atoms with Crippen LogP contribution < -0.4 is 11.1 Å². The summed E-state index contributed by atoms with van der Waals surface area (Å²) in [6, 6.07) is 0.674. The molecule has 2 rings (SSSR count). The Kier molecular flexibility index (Phi) is 5.46. The van der Waals surface area contributed by atoms with Crippen molar-refractivity contribution in [1.29, 1.82) is 0 Å². The maximum absolute atomic E-state index is 6.06. The van der Waals surface area contributed by atoms with Crippen molar-refractivity contribution in [2.45, 2.75) is 70.4 Å². The first-order valence-corrected chi connectivity index (χ1v) is 7.83. The Morgan fingerprint density at radius 1 is 1.17 bits per heavy atom. The molecule has 0 unspecified atom stereocenters. The first-order chi connectivity index (χ1) is 8.78. The van der Waals surface area contributed by atoms with Gasteiger partial charge in [-0.05, 0) is 44.6 Å². The van der Waals surface area contributed by atoms with E-state index in [4.69, 9.17) is 10.5 Å². The number of ether oxygens (including phenoxy) is 1. The highest BCUT2D eigenvalue weighted by Gasteiger charge is 2.34. The Hall–Kier alpha value is -0.120. The van der Waals surface area contributed by atoms with Gasteiger partial charge in [-0.2, -0.15) is 0 Å². The van der Waals surface area contributed by atoms with Crippen LogP contribution in [-0.4, -0.2) is 31.8 Å². The largest absolute Gasteiger partial charge is 0.378 e. The molecule has 2 aliphatic rings. The molecule has 0 aromatic rings. The van der Waals surface area contributed by atoms with Crippen molar-refractivity contribution in [1.82, 2.24) is 5.32 Å². The van der Waals surface area contributed by atoms with E-state index >= 15 is 0 Å². The fourth-order valence-corrected chi connectivity index (χ4v) is 3.40. The molecule has 106 valence electrons. The van der Waals surface area contributed by atoms with Gasteiger partial charge in [0, 0.05) is 19.2 Å². The normalized spacial score (nSPS) is 31.7. The highest BCUT2D eigenvalue weighted by Crippen LogP contribution is 2.34. The van der Waals surface area contributed by atoms with Gasteiger partial charge in [-0.15, -0.1) is 0 Å². The molecule has 3 nitrogen and oxygen atoms in total. The highest BCUT2D eigenvalue weighted by atomic mass is 16.5. The van der Waals surface area contributed by atoms with Crippen LogP contribution in [0.4, 0.5) is 0 Å². The minimum atomic E-state index is 0.382. The molecule has 18 heavy (non-hydrogen) atoms. The Morgan fingerprint density at radius 2 is 1.83 bits per heavy atom. The van der Waals surface area contributed by atoms with Crippen LogP contribution in [-0.2, 0) is 4.74 Å². The lowest BCUT2D eigenvalue weighted by atomic mass is 9.79. The molecule has 2 saturated carbocycles. The summed E-state index contributed by atoms with van der Waals surface area (Å²) in [7, 11) is 0. The van der Waals surface area contributed by atoms with Crippen molar-refractivity contribution in [2.75, 3.05) is 19.7 Å². The summed E-state index contributed by atoms with van der Waals surface area (Å²) in [6.07, 6.45) is 11.1. The van der Waals surface area contributed by atoms with E-state index in [9.17, 15) is 0 Å². The third-order valence-electron chi connectivity index (χ3n) is 4.86. The first kappa shape index (κ1) is 14.3. The molecule has 0 aliphatic heterocycles. The fourth-order valence-electron chi connectivity index (χ4n) is 3.40. The van der Waals surface area contributed by atoms with Crippen LogP contribution in [0.1, 0.15) is 58.3 Å². The van der Waals surface area contributed by atoms with Crippen molar-refractivity contribution < 1.29 is 4.74 Å². The zero-order valence-electron chi connectivity index (χ0n) is 11.9. The number of nitrogens with one attached hydrogen (secondary N) is 1. The topological polar surface area (TPSA) is 47.3 Å². The molecule has 3 heteroatoms. The summed E-state index contributed by atoms with van der Waals surface area (Å²) in [4.78, 5) is 0. The predicted octanol–water partition coefficient (Wildman–Crippen LogP) is 2.44. The van der Waals surface area contributed by atoms with Crippen LogP contribution in [0.25, 0.3) is 0 Å². The molecular formula is C15H30N2O. The second-order valence-corrected chi connectivity index (χ2v) is 6.24.